The van der Waals surface area contributed by atoms with Gasteiger partial charge in [0.15, 0.2) is 0 Å². The summed E-state index contributed by atoms with van der Waals surface area (Å²) in [5.41, 5.74) is 0. The summed E-state index contributed by atoms with van der Waals surface area (Å²) in [6.07, 6.45) is 78.6. The molecule has 0 saturated carbocycles. The number of phosphoric ester groups is 1. The fraction of sp³-hybridized carbons (Fsp3) is 0.771. The van der Waals surface area contributed by atoms with Crippen molar-refractivity contribution in [1.82, 2.24) is 5.32 Å². The summed E-state index contributed by atoms with van der Waals surface area (Å²) in [4.78, 5) is 37.8. The maximum Gasteiger partial charge on any atom is 0.472 e. The van der Waals surface area contributed by atoms with Gasteiger partial charge in [-0.25, -0.2) is 4.57 Å². The summed E-state index contributed by atoms with van der Waals surface area (Å²) in [6, 6.07) is -0.863. The molecular weight excluding hydrogens is 1010 g/mol. The van der Waals surface area contributed by atoms with Gasteiger partial charge in [-0.3, -0.25) is 18.6 Å². The molecular formula is C70H128N2O7P+. The van der Waals surface area contributed by atoms with Crippen LogP contribution in [-0.4, -0.2) is 74.3 Å². The fourth-order valence-electron chi connectivity index (χ4n) is 9.37. The smallest absolute Gasteiger partial charge is 0.456 e. The molecule has 80 heavy (non-hydrogen) atoms. The molecule has 2 N–H and O–H groups in total. The molecule has 3 atom stereocenters. The molecule has 0 aliphatic heterocycles. The van der Waals surface area contributed by atoms with E-state index in [0.717, 1.165) is 103 Å². The molecule has 0 rings (SSSR count). The standard InChI is InChI=1S/C70H127N2O7P/c1-7-10-13-16-19-22-25-28-30-32-34-36-38-40-42-44-47-50-53-56-59-62-69(73)71-67(66-78-80(75,76)77-65-64-72(4,5)6)68(61-58-55-52-49-46-27-24-21-18-15-12-9-3)79-70(74)63-60-57-54-51-48-45-43-41-39-37-35-33-31-29-26-23-20-17-14-11-8-2/h19-20,22-23,28-31,34,36,40,42,58,61,67-68H,7-18,21,24-27,32-33,35,37-39,41,43-57,59-60,62-66H2,1-6H3,(H-,71,73,75,76)/p+1/b22-19-,23-20-,30-28-,31-29-,36-34-,42-40-,61-58+. The minimum Gasteiger partial charge on any atom is -0.456 e. The van der Waals surface area contributed by atoms with Gasteiger partial charge in [0.2, 0.25) is 5.91 Å². The minimum absolute atomic E-state index is 0.0330. The number of ether oxygens (including phenoxy) is 1. The fourth-order valence-corrected chi connectivity index (χ4v) is 10.1. The van der Waals surface area contributed by atoms with Gasteiger partial charge in [0, 0.05) is 12.8 Å². The monoisotopic (exact) mass is 1140 g/mol. The Balaban J connectivity index is 5.21. The van der Waals surface area contributed by atoms with Crippen molar-refractivity contribution < 1.29 is 37.3 Å². The molecule has 0 aliphatic rings. The number of nitrogens with one attached hydrogen (secondary N) is 1. The summed E-state index contributed by atoms with van der Waals surface area (Å²) in [7, 11) is 1.48. The van der Waals surface area contributed by atoms with E-state index in [2.05, 4.69) is 99.0 Å². The van der Waals surface area contributed by atoms with Gasteiger partial charge in [0.05, 0.1) is 33.8 Å². The first-order valence-electron chi connectivity index (χ1n) is 33.4. The Morgan fingerprint density at radius 1 is 0.438 bits per heavy atom. The lowest BCUT2D eigenvalue weighted by molar-refractivity contribution is -0.870. The van der Waals surface area contributed by atoms with Crippen LogP contribution in [0.15, 0.2) is 85.1 Å². The van der Waals surface area contributed by atoms with E-state index in [0.29, 0.717) is 17.4 Å². The van der Waals surface area contributed by atoms with Crippen LogP contribution in [0.25, 0.3) is 0 Å². The number of hydrogen-bond donors (Lipinski definition) is 2. The number of esters is 1. The van der Waals surface area contributed by atoms with Crippen LogP contribution < -0.4 is 5.32 Å². The lowest BCUT2D eigenvalue weighted by Gasteiger charge is -2.27. The lowest BCUT2D eigenvalue weighted by atomic mass is 10.0. The lowest BCUT2D eigenvalue weighted by Crippen LogP contribution is -2.47. The SMILES string of the molecule is CCCCC/C=C\C/C=C\C/C=C\C/C=C\CCCCCCCC(=O)NC(COP(=O)(O)OCC[N+](C)(C)C)C(/C=C/CCCCCCCCCCCC)OC(=O)CCCCCCCCCCCCC/C=C\C/C=C\CCCCC. The van der Waals surface area contributed by atoms with E-state index in [-0.39, 0.29) is 31.5 Å². The summed E-state index contributed by atoms with van der Waals surface area (Å²) in [5.74, 6) is -0.525. The van der Waals surface area contributed by atoms with Gasteiger partial charge in [-0.2, -0.15) is 0 Å². The summed E-state index contributed by atoms with van der Waals surface area (Å²) in [6.45, 7) is 6.96. The number of hydrogen-bond acceptors (Lipinski definition) is 6. The number of rotatable bonds is 60. The second-order valence-corrected chi connectivity index (χ2v) is 25.1. The van der Waals surface area contributed by atoms with Crippen molar-refractivity contribution in [1.29, 1.82) is 0 Å². The Morgan fingerprint density at radius 3 is 1.16 bits per heavy atom. The predicted octanol–water partition coefficient (Wildman–Crippen LogP) is 21.0. The highest BCUT2D eigenvalue weighted by Crippen LogP contribution is 2.43. The quantitative estimate of drug-likeness (QED) is 0.0205. The number of carbonyl (C=O) groups excluding carboxylic acids is 2. The number of unbranched alkanes of at least 4 members (excludes halogenated alkanes) is 32. The highest BCUT2D eigenvalue weighted by Gasteiger charge is 2.30. The minimum atomic E-state index is -4.46. The average molecular weight is 1140 g/mol. The Bertz CT molecular complexity index is 1640. The maximum atomic E-state index is 13.6. The van der Waals surface area contributed by atoms with E-state index in [1.54, 1.807) is 0 Å². The predicted molar refractivity (Wildman–Crippen MR) is 346 cm³/mol. The first-order valence-corrected chi connectivity index (χ1v) is 34.9. The van der Waals surface area contributed by atoms with Crippen molar-refractivity contribution >= 4 is 19.7 Å². The van der Waals surface area contributed by atoms with E-state index < -0.39 is 20.0 Å². The topological polar surface area (TPSA) is 111 Å². The highest BCUT2D eigenvalue weighted by atomic mass is 31.2. The number of amides is 1. The normalized spacial score (nSPS) is 14.1. The first kappa shape index (κ1) is 77.2. The molecule has 3 unspecified atom stereocenters. The molecule has 464 valence electrons. The molecule has 9 nitrogen and oxygen atoms in total. The Morgan fingerprint density at radius 2 is 0.762 bits per heavy atom. The van der Waals surface area contributed by atoms with E-state index in [4.69, 9.17) is 13.8 Å². The van der Waals surface area contributed by atoms with E-state index in [9.17, 15) is 19.0 Å². The molecule has 0 bridgehead atoms. The van der Waals surface area contributed by atoms with Crippen molar-refractivity contribution in [3.05, 3.63) is 85.1 Å². The summed E-state index contributed by atoms with van der Waals surface area (Å²) >= 11 is 0. The molecule has 0 fully saturated rings. The highest BCUT2D eigenvalue weighted by molar-refractivity contribution is 7.47. The number of likely N-dealkylation sites (N-methyl/N-ethyl adjacent to an activating group) is 1. The maximum absolute atomic E-state index is 13.6. The second kappa shape index (κ2) is 59.4. The van der Waals surface area contributed by atoms with Gasteiger partial charge in [-0.15, -0.1) is 0 Å². The number of quaternary nitrogens is 1. The molecule has 0 spiro atoms. The van der Waals surface area contributed by atoms with Crippen molar-refractivity contribution in [3.8, 4) is 0 Å². The van der Waals surface area contributed by atoms with Crippen molar-refractivity contribution in [2.75, 3.05) is 40.9 Å². The van der Waals surface area contributed by atoms with Crippen molar-refractivity contribution in [2.45, 2.75) is 309 Å². The van der Waals surface area contributed by atoms with Crippen molar-refractivity contribution in [3.63, 3.8) is 0 Å². The number of nitrogens with zero attached hydrogens (tertiary/aromatic N) is 1. The van der Waals surface area contributed by atoms with Crippen LogP contribution in [0.1, 0.15) is 297 Å². The first-order chi connectivity index (χ1) is 38.9. The van der Waals surface area contributed by atoms with Gasteiger partial charge in [0.1, 0.15) is 19.3 Å². The zero-order valence-electron chi connectivity index (χ0n) is 53.1. The molecule has 0 aromatic heterocycles. The summed E-state index contributed by atoms with van der Waals surface area (Å²) in [5, 5.41) is 3.05. The average Bonchev–Trinajstić information content (AvgIpc) is 3.42. The molecule has 0 aromatic carbocycles. The van der Waals surface area contributed by atoms with Crippen LogP contribution in [0.2, 0.25) is 0 Å². The number of phosphoric acid groups is 1. The zero-order chi connectivity index (χ0) is 58.6. The van der Waals surface area contributed by atoms with Crippen LogP contribution in [0.4, 0.5) is 0 Å². The second-order valence-electron chi connectivity index (χ2n) is 23.6. The largest absolute Gasteiger partial charge is 0.472 e. The molecule has 0 aliphatic carbocycles. The third-order valence-electron chi connectivity index (χ3n) is 14.6. The third-order valence-corrected chi connectivity index (χ3v) is 15.5. The van der Waals surface area contributed by atoms with E-state index >= 15 is 0 Å². The Labute approximate surface area is 495 Å². The number of allylic oxidation sites excluding steroid dienone is 13. The van der Waals surface area contributed by atoms with Crippen molar-refractivity contribution in [2.24, 2.45) is 0 Å². The molecule has 1 amide bonds. The van der Waals surface area contributed by atoms with Gasteiger partial charge in [-0.1, -0.05) is 260 Å². The van der Waals surface area contributed by atoms with Gasteiger partial charge >= 0.3 is 13.8 Å². The van der Waals surface area contributed by atoms with E-state index in [1.807, 2.05) is 33.3 Å². The molecule has 0 heterocycles. The zero-order valence-corrected chi connectivity index (χ0v) is 54.0. The van der Waals surface area contributed by atoms with Crippen LogP contribution in [-0.2, 0) is 27.9 Å². The van der Waals surface area contributed by atoms with Gasteiger partial charge in [-0.05, 0) is 109 Å². The van der Waals surface area contributed by atoms with Gasteiger partial charge < -0.3 is 19.4 Å². The van der Waals surface area contributed by atoms with Crippen LogP contribution in [0.5, 0.6) is 0 Å². The molecule has 0 aromatic rings. The third kappa shape index (κ3) is 59.8. The number of carbonyl (C=O) groups is 2. The molecule has 0 radical (unpaired) electrons. The van der Waals surface area contributed by atoms with Gasteiger partial charge in [0.25, 0.3) is 0 Å². The summed E-state index contributed by atoms with van der Waals surface area (Å²) < 4.78 is 30.8. The molecule has 0 saturated heterocycles. The van der Waals surface area contributed by atoms with E-state index in [1.165, 1.54) is 161 Å². The van der Waals surface area contributed by atoms with Crippen LogP contribution in [0, 0.1) is 0 Å². The van der Waals surface area contributed by atoms with Crippen LogP contribution in [0.3, 0.4) is 0 Å². The Hall–Kier alpha value is -2.81. The van der Waals surface area contributed by atoms with Crippen LogP contribution >= 0.6 is 7.82 Å². The Kier molecular flexibility index (Phi) is 57.3. The molecule has 10 heteroatoms.